The summed E-state index contributed by atoms with van der Waals surface area (Å²) < 4.78 is 3.91. The molecule has 1 heterocycles. The molecule has 3 N–H and O–H groups in total. The van der Waals surface area contributed by atoms with E-state index in [1.165, 1.54) is 16.4 Å². The van der Waals surface area contributed by atoms with Crippen molar-refractivity contribution in [2.45, 2.75) is 32.7 Å². The number of nitrogens with one attached hydrogen (secondary N) is 1. The number of aryl methyl sites for hydroxylation is 1. The second-order valence-electron chi connectivity index (χ2n) is 2.56. The summed E-state index contributed by atoms with van der Waals surface area (Å²) in [5, 5.41) is 4.02. The Kier molecular flexibility index (Phi) is 3.58. The average molecular weight is 186 g/mol. The van der Waals surface area contributed by atoms with Gasteiger partial charge in [-0.1, -0.05) is 18.3 Å². The molecule has 0 aromatic carbocycles. The van der Waals surface area contributed by atoms with E-state index in [1.54, 1.807) is 0 Å². The molecule has 0 aliphatic heterocycles. The fourth-order valence-electron chi connectivity index (χ4n) is 1.10. The van der Waals surface area contributed by atoms with Crippen molar-refractivity contribution in [2.75, 3.05) is 0 Å². The minimum atomic E-state index is 0.208. The number of hydrogen-bond acceptors (Lipinski definition) is 5. The van der Waals surface area contributed by atoms with Crippen LogP contribution in [0.1, 0.15) is 36.9 Å². The second kappa shape index (κ2) is 4.49. The normalized spacial score (nSPS) is 13.2. The lowest BCUT2D eigenvalue weighted by Crippen LogP contribution is -2.27. The number of rotatable bonds is 4. The van der Waals surface area contributed by atoms with E-state index in [2.05, 4.69) is 28.9 Å². The number of aromatic nitrogens is 2. The number of hydrogen-bond donors (Lipinski definition) is 2. The van der Waals surface area contributed by atoms with Crippen LogP contribution >= 0.6 is 11.5 Å². The van der Waals surface area contributed by atoms with Crippen molar-refractivity contribution in [3.8, 4) is 0 Å². The van der Waals surface area contributed by atoms with Crippen molar-refractivity contribution in [3.63, 3.8) is 0 Å². The van der Waals surface area contributed by atoms with E-state index in [-0.39, 0.29) is 6.04 Å². The largest absolute Gasteiger partial charge is 0.271 e. The lowest BCUT2D eigenvalue weighted by molar-refractivity contribution is 0.542. The van der Waals surface area contributed by atoms with Gasteiger partial charge in [-0.05, 0) is 24.4 Å². The fraction of sp³-hybridized carbons (Fsp3) is 0.714. The minimum Gasteiger partial charge on any atom is -0.271 e. The third-order valence-electron chi connectivity index (χ3n) is 1.85. The molecule has 68 valence electrons. The number of nitrogens with zero attached hydrogens (tertiary/aromatic N) is 2. The van der Waals surface area contributed by atoms with Crippen molar-refractivity contribution >= 4 is 11.5 Å². The molecule has 1 unspecified atom stereocenters. The average Bonchev–Trinajstić information content (AvgIpc) is 2.55. The summed E-state index contributed by atoms with van der Waals surface area (Å²) in [4.78, 5) is 1.17. The van der Waals surface area contributed by atoms with Gasteiger partial charge in [0.2, 0.25) is 0 Å². The van der Waals surface area contributed by atoms with Crippen LogP contribution in [-0.4, -0.2) is 9.59 Å². The Morgan fingerprint density at radius 3 is 2.83 bits per heavy atom. The summed E-state index contributed by atoms with van der Waals surface area (Å²) in [5.41, 5.74) is 3.82. The van der Waals surface area contributed by atoms with Crippen LogP contribution in [0.5, 0.6) is 0 Å². The van der Waals surface area contributed by atoms with Gasteiger partial charge in [0.05, 0.1) is 16.6 Å². The maximum Gasteiger partial charge on any atom is 0.0801 e. The molecule has 0 saturated carbocycles. The van der Waals surface area contributed by atoms with Gasteiger partial charge < -0.3 is 0 Å². The molecule has 0 aliphatic carbocycles. The molecule has 0 amide bonds. The van der Waals surface area contributed by atoms with Gasteiger partial charge in [0.1, 0.15) is 0 Å². The maximum atomic E-state index is 5.40. The third kappa shape index (κ3) is 1.80. The number of hydrazine groups is 1. The van der Waals surface area contributed by atoms with Crippen molar-refractivity contribution in [1.82, 2.24) is 15.0 Å². The molecule has 1 rings (SSSR count). The van der Waals surface area contributed by atoms with Crippen LogP contribution < -0.4 is 11.3 Å². The van der Waals surface area contributed by atoms with E-state index in [4.69, 9.17) is 5.84 Å². The van der Waals surface area contributed by atoms with Gasteiger partial charge in [-0.25, -0.2) is 0 Å². The SMILES string of the molecule is CCc1nnsc1C(CC)NN. The Morgan fingerprint density at radius 2 is 2.33 bits per heavy atom. The van der Waals surface area contributed by atoms with E-state index in [9.17, 15) is 0 Å². The molecule has 0 radical (unpaired) electrons. The van der Waals surface area contributed by atoms with Gasteiger partial charge in [0.25, 0.3) is 0 Å². The molecule has 0 saturated heterocycles. The first-order chi connectivity index (χ1) is 5.83. The molecular weight excluding hydrogens is 172 g/mol. The predicted octanol–water partition coefficient (Wildman–Crippen LogP) is 1.01. The van der Waals surface area contributed by atoms with E-state index in [0.717, 1.165) is 18.5 Å². The van der Waals surface area contributed by atoms with Gasteiger partial charge in [-0.15, -0.1) is 5.10 Å². The molecule has 0 bridgehead atoms. The summed E-state index contributed by atoms with van der Waals surface area (Å²) in [7, 11) is 0. The van der Waals surface area contributed by atoms with Crippen molar-refractivity contribution < 1.29 is 0 Å². The van der Waals surface area contributed by atoms with Gasteiger partial charge in [-0.3, -0.25) is 11.3 Å². The van der Waals surface area contributed by atoms with E-state index >= 15 is 0 Å². The molecule has 0 aliphatic rings. The summed E-state index contributed by atoms with van der Waals surface area (Å²) in [6.45, 7) is 4.16. The Labute approximate surface area is 76.3 Å². The minimum absolute atomic E-state index is 0.208. The van der Waals surface area contributed by atoms with E-state index in [0.29, 0.717) is 0 Å². The highest BCUT2D eigenvalue weighted by Gasteiger charge is 2.14. The lowest BCUT2D eigenvalue weighted by Gasteiger charge is -2.10. The highest BCUT2D eigenvalue weighted by atomic mass is 32.1. The Hall–Kier alpha value is -0.520. The molecule has 1 aromatic rings. The first-order valence-electron chi connectivity index (χ1n) is 4.10. The van der Waals surface area contributed by atoms with Crippen LogP contribution in [0, 0.1) is 0 Å². The standard InChI is InChI=1S/C7H14N4S/c1-3-5(9-8)7-6(4-2)10-11-12-7/h5,9H,3-4,8H2,1-2H3. The van der Waals surface area contributed by atoms with Gasteiger partial charge >= 0.3 is 0 Å². The third-order valence-corrected chi connectivity index (χ3v) is 2.73. The zero-order valence-corrected chi connectivity index (χ0v) is 8.19. The Morgan fingerprint density at radius 1 is 1.58 bits per heavy atom. The zero-order chi connectivity index (χ0) is 8.97. The molecule has 4 nitrogen and oxygen atoms in total. The molecule has 1 aromatic heterocycles. The summed E-state index contributed by atoms with van der Waals surface area (Å²) in [5.74, 6) is 5.40. The monoisotopic (exact) mass is 186 g/mol. The van der Waals surface area contributed by atoms with Gasteiger partial charge in [-0.2, -0.15) is 0 Å². The second-order valence-corrected chi connectivity index (χ2v) is 3.35. The van der Waals surface area contributed by atoms with Gasteiger partial charge in [0.15, 0.2) is 0 Å². The zero-order valence-electron chi connectivity index (χ0n) is 7.37. The van der Waals surface area contributed by atoms with Gasteiger partial charge in [0, 0.05) is 0 Å². The smallest absolute Gasteiger partial charge is 0.0801 e. The summed E-state index contributed by atoms with van der Waals surface area (Å²) >= 11 is 1.43. The fourth-order valence-corrected chi connectivity index (χ4v) is 1.98. The van der Waals surface area contributed by atoms with E-state index in [1.807, 2.05) is 0 Å². The van der Waals surface area contributed by atoms with Crippen LogP contribution in [0.25, 0.3) is 0 Å². The molecule has 0 fully saturated rings. The van der Waals surface area contributed by atoms with Crippen LogP contribution in [0.3, 0.4) is 0 Å². The molecule has 0 spiro atoms. The van der Waals surface area contributed by atoms with Crippen LogP contribution in [0.2, 0.25) is 0 Å². The van der Waals surface area contributed by atoms with Crippen LogP contribution in [0.15, 0.2) is 0 Å². The van der Waals surface area contributed by atoms with Crippen molar-refractivity contribution in [3.05, 3.63) is 10.6 Å². The molecule has 5 heteroatoms. The summed E-state index contributed by atoms with van der Waals surface area (Å²) in [6.07, 6.45) is 1.89. The molecule has 1 atom stereocenters. The quantitative estimate of drug-likeness (QED) is 0.544. The first-order valence-corrected chi connectivity index (χ1v) is 4.88. The number of nitrogens with two attached hydrogens (primary N) is 1. The highest BCUT2D eigenvalue weighted by molar-refractivity contribution is 7.05. The van der Waals surface area contributed by atoms with Crippen LogP contribution in [0.4, 0.5) is 0 Å². The van der Waals surface area contributed by atoms with E-state index < -0.39 is 0 Å². The van der Waals surface area contributed by atoms with Crippen molar-refractivity contribution in [1.29, 1.82) is 0 Å². The molecular formula is C7H14N4S. The van der Waals surface area contributed by atoms with Crippen LogP contribution in [-0.2, 0) is 6.42 Å². The highest BCUT2D eigenvalue weighted by Crippen LogP contribution is 2.22. The first kappa shape index (κ1) is 9.57. The Bertz CT molecular complexity index is 231. The van der Waals surface area contributed by atoms with Crippen molar-refractivity contribution in [2.24, 2.45) is 5.84 Å². The molecule has 12 heavy (non-hydrogen) atoms. The maximum absolute atomic E-state index is 5.40. The topological polar surface area (TPSA) is 63.8 Å². The predicted molar refractivity (Wildman–Crippen MR) is 49.6 cm³/mol. The lowest BCUT2D eigenvalue weighted by atomic mass is 10.1. The summed E-state index contributed by atoms with van der Waals surface area (Å²) in [6, 6.07) is 0.208. The Balaban J connectivity index is 2.83.